The molecule has 25 heavy (non-hydrogen) atoms. The van der Waals surface area contributed by atoms with Crippen LogP contribution in [0.5, 0.6) is 0 Å². The van der Waals surface area contributed by atoms with Gasteiger partial charge >= 0.3 is 5.97 Å². The van der Waals surface area contributed by atoms with E-state index in [4.69, 9.17) is 10.8 Å². The molecule has 0 spiro atoms. The molecular weight excluding hydrogens is 314 g/mol. The van der Waals surface area contributed by atoms with Crippen molar-refractivity contribution in [3.05, 3.63) is 58.8 Å². The standard InChI is InChI=1S/C20H23N3O2/c1-3-6-14-7-5-10-17(14)13(2)15-8-4-9-16(11-15)23-19(21)18(12-22-23)20(24)25/h4,6,8-9,11-12H,3,5,7,10,21H2,1-2H3,(H,24,25)/b14-6-,17-13+. The molecule has 1 saturated carbocycles. The number of aromatic nitrogens is 2. The van der Waals surface area contributed by atoms with Crippen LogP contribution in [0.1, 0.15) is 55.5 Å². The van der Waals surface area contributed by atoms with E-state index in [9.17, 15) is 4.79 Å². The maximum absolute atomic E-state index is 11.2. The van der Waals surface area contributed by atoms with Crippen LogP contribution in [0.2, 0.25) is 0 Å². The van der Waals surface area contributed by atoms with Crippen molar-refractivity contribution in [2.24, 2.45) is 0 Å². The van der Waals surface area contributed by atoms with E-state index in [2.05, 4.69) is 31.1 Å². The van der Waals surface area contributed by atoms with E-state index in [1.54, 1.807) is 0 Å². The Morgan fingerprint density at radius 3 is 2.88 bits per heavy atom. The normalized spacial score (nSPS) is 17.9. The second kappa shape index (κ2) is 6.97. The zero-order chi connectivity index (χ0) is 18.0. The first-order valence-electron chi connectivity index (χ1n) is 8.59. The molecule has 0 atom stereocenters. The van der Waals surface area contributed by atoms with Crippen molar-refractivity contribution in [2.45, 2.75) is 39.5 Å². The minimum absolute atomic E-state index is 0.0180. The lowest BCUT2D eigenvalue weighted by Gasteiger charge is -2.11. The molecule has 3 rings (SSSR count). The highest BCUT2D eigenvalue weighted by atomic mass is 16.4. The van der Waals surface area contributed by atoms with E-state index in [1.807, 2.05) is 18.2 Å². The molecule has 130 valence electrons. The number of benzene rings is 1. The summed E-state index contributed by atoms with van der Waals surface area (Å²) in [6.45, 7) is 4.32. The molecule has 1 aliphatic rings. The van der Waals surface area contributed by atoms with Crippen molar-refractivity contribution < 1.29 is 9.90 Å². The third-order valence-corrected chi connectivity index (χ3v) is 4.72. The molecule has 3 N–H and O–H groups in total. The van der Waals surface area contributed by atoms with Gasteiger partial charge in [0.2, 0.25) is 0 Å². The zero-order valence-electron chi connectivity index (χ0n) is 14.6. The number of nitrogens with zero attached hydrogens (tertiary/aromatic N) is 2. The van der Waals surface area contributed by atoms with Gasteiger partial charge in [-0.25, -0.2) is 9.48 Å². The number of aromatic carboxylic acids is 1. The number of carbonyl (C=O) groups is 1. The first-order chi connectivity index (χ1) is 12.0. The second-order valence-corrected chi connectivity index (χ2v) is 6.31. The topological polar surface area (TPSA) is 81.1 Å². The van der Waals surface area contributed by atoms with Gasteiger partial charge in [0.15, 0.2) is 0 Å². The Labute approximate surface area is 147 Å². The van der Waals surface area contributed by atoms with Crippen LogP contribution >= 0.6 is 0 Å². The summed E-state index contributed by atoms with van der Waals surface area (Å²) in [5, 5.41) is 13.3. The van der Waals surface area contributed by atoms with E-state index in [1.165, 1.54) is 34.0 Å². The van der Waals surface area contributed by atoms with Crippen LogP contribution in [-0.4, -0.2) is 20.9 Å². The van der Waals surface area contributed by atoms with Gasteiger partial charge in [-0.1, -0.05) is 25.1 Å². The first kappa shape index (κ1) is 17.0. The van der Waals surface area contributed by atoms with E-state index >= 15 is 0 Å². The lowest BCUT2D eigenvalue weighted by Crippen LogP contribution is -2.06. The number of allylic oxidation sites excluding steroid dienone is 4. The third-order valence-electron chi connectivity index (χ3n) is 4.72. The van der Waals surface area contributed by atoms with E-state index in [-0.39, 0.29) is 11.4 Å². The highest BCUT2D eigenvalue weighted by molar-refractivity contribution is 5.92. The molecule has 0 amide bonds. The smallest absolute Gasteiger partial charge is 0.341 e. The Bertz CT molecular complexity index is 875. The number of nitrogen functional groups attached to an aromatic ring is 1. The van der Waals surface area contributed by atoms with Crippen molar-refractivity contribution in [1.29, 1.82) is 0 Å². The van der Waals surface area contributed by atoms with Crippen LogP contribution in [0.4, 0.5) is 5.82 Å². The third kappa shape index (κ3) is 3.22. The van der Waals surface area contributed by atoms with E-state index < -0.39 is 5.97 Å². The Balaban J connectivity index is 2.03. The molecule has 1 aliphatic carbocycles. The summed E-state index contributed by atoms with van der Waals surface area (Å²) in [5.41, 5.74) is 12.0. The molecule has 1 fully saturated rings. The lowest BCUT2D eigenvalue weighted by molar-refractivity contribution is 0.0698. The van der Waals surface area contributed by atoms with Gasteiger partial charge < -0.3 is 10.8 Å². The number of hydrogen-bond donors (Lipinski definition) is 2. The predicted molar refractivity (Wildman–Crippen MR) is 99.8 cm³/mol. The van der Waals surface area contributed by atoms with Gasteiger partial charge in [0.05, 0.1) is 11.9 Å². The average molecular weight is 337 g/mol. The zero-order valence-corrected chi connectivity index (χ0v) is 14.6. The van der Waals surface area contributed by atoms with Gasteiger partial charge in [-0.2, -0.15) is 5.10 Å². The van der Waals surface area contributed by atoms with Crippen LogP contribution in [0.25, 0.3) is 11.3 Å². The van der Waals surface area contributed by atoms with E-state index in [0.29, 0.717) is 0 Å². The molecule has 0 unspecified atom stereocenters. The maximum Gasteiger partial charge on any atom is 0.341 e. The van der Waals surface area contributed by atoms with Gasteiger partial charge in [0.25, 0.3) is 0 Å². The van der Waals surface area contributed by atoms with Crippen molar-refractivity contribution in [3.8, 4) is 5.69 Å². The molecule has 5 heteroatoms. The number of nitrogens with two attached hydrogens (primary N) is 1. The van der Waals surface area contributed by atoms with Crippen LogP contribution < -0.4 is 5.73 Å². The molecule has 1 aromatic heterocycles. The summed E-state index contributed by atoms with van der Waals surface area (Å²) in [5.74, 6) is -0.930. The summed E-state index contributed by atoms with van der Waals surface area (Å²) in [7, 11) is 0. The monoisotopic (exact) mass is 337 g/mol. The number of carboxylic acid groups (broad SMARTS) is 1. The van der Waals surface area contributed by atoms with E-state index in [0.717, 1.165) is 30.5 Å². The number of carboxylic acids is 1. The number of rotatable bonds is 4. The van der Waals surface area contributed by atoms with Crippen LogP contribution in [-0.2, 0) is 0 Å². The minimum atomic E-state index is -1.07. The van der Waals surface area contributed by atoms with Crippen molar-refractivity contribution in [1.82, 2.24) is 9.78 Å². The molecule has 0 saturated heterocycles. The van der Waals surface area contributed by atoms with Crippen molar-refractivity contribution in [3.63, 3.8) is 0 Å². The molecule has 0 bridgehead atoms. The van der Waals surface area contributed by atoms with Crippen LogP contribution in [0.3, 0.4) is 0 Å². The fourth-order valence-corrected chi connectivity index (χ4v) is 3.44. The van der Waals surface area contributed by atoms with Gasteiger partial charge in [-0.15, -0.1) is 0 Å². The van der Waals surface area contributed by atoms with Gasteiger partial charge in [0.1, 0.15) is 11.4 Å². The van der Waals surface area contributed by atoms with Gasteiger partial charge in [-0.3, -0.25) is 0 Å². The molecule has 1 aromatic carbocycles. The fraction of sp³-hybridized carbons (Fsp3) is 0.300. The number of anilines is 1. The van der Waals surface area contributed by atoms with Crippen molar-refractivity contribution in [2.75, 3.05) is 5.73 Å². The minimum Gasteiger partial charge on any atom is -0.477 e. The Hall–Kier alpha value is -2.82. The fourth-order valence-electron chi connectivity index (χ4n) is 3.44. The molecule has 1 heterocycles. The van der Waals surface area contributed by atoms with Crippen LogP contribution in [0.15, 0.2) is 47.7 Å². The SMILES string of the molecule is CC/C=C1/CCC/C1=C(/C)c1cccc(-n2ncc(C(=O)O)c2N)c1. The van der Waals surface area contributed by atoms with Crippen LogP contribution in [0, 0.1) is 0 Å². The second-order valence-electron chi connectivity index (χ2n) is 6.31. The molecule has 2 aromatic rings. The lowest BCUT2D eigenvalue weighted by atomic mass is 9.97. The highest BCUT2D eigenvalue weighted by Crippen LogP contribution is 2.36. The summed E-state index contributed by atoms with van der Waals surface area (Å²) in [6, 6.07) is 7.92. The summed E-state index contributed by atoms with van der Waals surface area (Å²) in [4.78, 5) is 11.2. The Kier molecular flexibility index (Phi) is 4.74. The molecular formula is C20H23N3O2. The highest BCUT2D eigenvalue weighted by Gasteiger charge is 2.18. The summed E-state index contributed by atoms with van der Waals surface area (Å²) < 4.78 is 1.47. The Morgan fingerprint density at radius 2 is 2.20 bits per heavy atom. The molecule has 0 aliphatic heterocycles. The summed E-state index contributed by atoms with van der Waals surface area (Å²) >= 11 is 0. The Morgan fingerprint density at radius 1 is 1.40 bits per heavy atom. The summed E-state index contributed by atoms with van der Waals surface area (Å²) in [6.07, 6.45) is 8.11. The molecule has 5 nitrogen and oxygen atoms in total. The van der Waals surface area contributed by atoms with Gasteiger partial charge in [0, 0.05) is 0 Å². The first-order valence-corrected chi connectivity index (χ1v) is 8.59. The largest absolute Gasteiger partial charge is 0.477 e. The maximum atomic E-state index is 11.2. The predicted octanol–water partition coefficient (Wildman–Crippen LogP) is 4.45. The quantitative estimate of drug-likeness (QED) is 0.864. The molecule has 0 radical (unpaired) electrons. The number of hydrogen-bond acceptors (Lipinski definition) is 3. The average Bonchev–Trinajstić information content (AvgIpc) is 3.21. The van der Waals surface area contributed by atoms with Crippen molar-refractivity contribution >= 4 is 17.4 Å². The van der Waals surface area contributed by atoms with Gasteiger partial charge in [-0.05, 0) is 67.0 Å².